The summed E-state index contributed by atoms with van der Waals surface area (Å²) in [5.74, 6) is 1.61. The van der Waals surface area contributed by atoms with Crippen LogP contribution in [0.15, 0.2) is 24.3 Å². The first-order valence-electron chi connectivity index (χ1n) is 7.42. The van der Waals surface area contributed by atoms with Gasteiger partial charge in [-0.15, -0.1) is 0 Å². The van der Waals surface area contributed by atoms with E-state index in [0.29, 0.717) is 19.0 Å². The predicted octanol–water partition coefficient (Wildman–Crippen LogP) is 1.36. The van der Waals surface area contributed by atoms with Crippen molar-refractivity contribution in [2.45, 2.75) is 13.0 Å². The van der Waals surface area contributed by atoms with Crippen LogP contribution in [0.3, 0.4) is 0 Å². The molecule has 1 aliphatic rings. The molecule has 0 saturated carbocycles. The molecule has 0 aliphatic carbocycles. The molecule has 6 nitrogen and oxygen atoms in total. The number of benzene rings is 1. The molecule has 0 spiro atoms. The fourth-order valence-electron chi connectivity index (χ4n) is 2.77. The molecule has 1 saturated heterocycles. The van der Waals surface area contributed by atoms with Crippen LogP contribution in [0.1, 0.15) is 6.92 Å². The summed E-state index contributed by atoms with van der Waals surface area (Å²) in [6.07, 6.45) is 0. The number of carbonyl (C=O) groups is 1. The Morgan fingerprint density at radius 2 is 1.95 bits per heavy atom. The number of carbonyl (C=O) groups excluding carboxylic acids is 1. The summed E-state index contributed by atoms with van der Waals surface area (Å²) in [7, 11) is 5.69. The Balaban J connectivity index is 2.14. The third-order valence-electron chi connectivity index (χ3n) is 4.04. The number of piperazine rings is 1. The molecule has 0 N–H and O–H groups in total. The number of para-hydroxylation sites is 1. The molecule has 2 aromatic rings. The fraction of sp³-hybridized carbons (Fsp3) is 0.438. The van der Waals surface area contributed by atoms with Gasteiger partial charge < -0.3 is 14.7 Å². The van der Waals surface area contributed by atoms with Crippen LogP contribution in [-0.4, -0.2) is 61.0 Å². The Morgan fingerprint density at radius 3 is 2.68 bits per heavy atom. The molecule has 6 heteroatoms. The Bertz CT molecular complexity index is 715. The number of nitrogens with zero attached hydrogens (tertiary/aromatic N) is 5. The van der Waals surface area contributed by atoms with E-state index in [4.69, 9.17) is 4.98 Å². The van der Waals surface area contributed by atoms with Gasteiger partial charge in [0, 0.05) is 39.1 Å². The summed E-state index contributed by atoms with van der Waals surface area (Å²) in [5, 5.41) is 0.984. The van der Waals surface area contributed by atoms with E-state index < -0.39 is 0 Å². The molecule has 1 aromatic carbocycles. The van der Waals surface area contributed by atoms with E-state index in [1.807, 2.05) is 50.3 Å². The summed E-state index contributed by atoms with van der Waals surface area (Å²) in [6.45, 7) is 3.18. The van der Waals surface area contributed by atoms with Crippen LogP contribution < -0.4 is 9.80 Å². The van der Waals surface area contributed by atoms with Crippen molar-refractivity contribution < 1.29 is 4.79 Å². The number of likely N-dealkylation sites (N-methyl/N-ethyl adjacent to an activating group) is 1. The van der Waals surface area contributed by atoms with Crippen molar-refractivity contribution in [2.24, 2.45) is 0 Å². The quantitative estimate of drug-likeness (QED) is 0.838. The highest BCUT2D eigenvalue weighted by Crippen LogP contribution is 2.28. The molecule has 1 aromatic heterocycles. The first-order chi connectivity index (χ1) is 10.5. The van der Waals surface area contributed by atoms with Crippen LogP contribution in [0.25, 0.3) is 10.9 Å². The van der Waals surface area contributed by atoms with E-state index in [1.54, 1.807) is 4.90 Å². The zero-order chi connectivity index (χ0) is 15.9. The number of hydrogen-bond acceptors (Lipinski definition) is 5. The van der Waals surface area contributed by atoms with E-state index in [9.17, 15) is 4.79 Å². The zero-order valence-electron chi connectivity index (χ0n) is 13.4. The third-order valence-corrected chi connectivity index (χ3v) is 4.04. The number of aromatic nitrogens is 2. The third kappa shape index (κ3) is 2.45. The van der Waals surface area contributed by atoms with E-state index in [1.165, 1.54) is 0 Å². The summed E-state index contributed by atoms with van der Waals surface area (Å²) < 4.78 is 0. The second-order valence-corrected chi connectivity index (χ2v) is 6.01. The van der Waals surface area contributed by atoms with Gasteiger partial charge in [-0.25, -0.2) is 4.98 Å². The normalized spacial score (nSPS) is 18.9. The second-order valence-electron chi connectivity index (χ2n) is 6.01. The molecule has 0 radical (unpaired) electrons. The average Bonchev–Trinajstić information content (AvgIpc) is 2.50. The molecule has 1 aliphatic heterocycles. The minimum atomic E-state index is 0.118. The van der Waals surface area contributed by atoms with Gasteiger partial charge in [-0.2, -0.15) is 4.98 Å². The topological polar surface area (TPSA) is 52.6 Å². The molecule has 3 rings (SSSR count). The highest BCUT2D eigenvalue weighted by molar-refractivity contribution is 5.93. The van der Waals surface area contributed by atoms with Gasteiger partial charge in [0.15, 0.2) is 0 Å². The van der Waals surface area contributed by atoms with Gasteiger partial charge in [-0.3, -0.25) is 4.79 Å². The molecule has 1 unspecified atom stereocenters. The standard InChI is InChI=1S/C16H21N5O/c1-11-9-20(4)14(22)10-21(11)15-12-7-5-6-8-13(12)17-16(18-15)19(2)3/h5-8,11H,9-10H2,1-4H3. The molecular weight excluding hydrogens is 278 g/mol. The maximum Gasteiger partial charge on any atom is 0.241 e. The number of amides is 1. The predicted molar refractivity (Wildman–Crippen MR) is 88.3 cm³/mol. The first-order valence-corrected chi connectivity index (χ1v) is 7.42. The minimum absolute atomic E-state index is 0.118. The van der Waals surface area contributed by atoms with Crippen LogP contribution in [0.4, 0.5) is 11.8 Å². The van der Waals surface area contributed by atoms with Crippen molar-refractivity contribution in [3.05, 3.63) is 24.3 Å². The molecule has 116 valence electrons. The van der Waals surface area contributed by atoms with Crippen molar-refractivity contribution in [1.29, 1.82) is 0 Å². The van der Waals surface area contributed by atoms with E-state index >= 15 is 0 Å². The molecule has 1 atom stereocenters. The van der Waals surface area contributed by atoms with E-state index in [-0.39, 0.29) is 11.9 Å². The molecule has 0 bridgehead atoms. The SMILES string of the molecule is CC1CN(C)C(=O)CN1c1nc(N(C)C)nc2ccccc12. The van der Waals surface area contributed by atoms with Crippen molar-refractivity contribution in [1.82, 2.24) is 14.9 Å². The van der Waals surface area contributed by atoms with E-state index in [2.05, 4.69) is 16.8 Å². The van der Waals surface area contributed by atoms with Gasteiger partial charge in [0.1, 0.15) is 5.82 Å². The fourth-order valence-corrected chi connectivity index (χ4v) is 2.77. The Kier molecular flexibility index (Phi) is 3.60. The van der Waals surface area contributed by atoms with Crippen molar-refractivity contribution in [3.8, 4) is 0 Å². The molecular formula is C16H21N5O. The van der Waals surface area contributed by atoms with Gasteiger partial charge >= 0.3 is 0 Å². The largest absolute Gasteiger partial charge is 0.347 e. The van der Waals surface area contributed by atoms with Crippen molar-refractivity contribution >= 4 is 28.6 Å². The molecule has 22 heavy (non-hydrogen) atoms. The van der Waals surface area contributed by atoms with Crippen LogP contribution in [-0.2, 0) is 4.79 Å². The highest BCUT2D eigenvalue weighted by atomic mass is 16.2. The highest BCUT2D eigenvalue weighted by Gasteiger charge is 2.29. The van der Waals surface area contributed by atoms with Gasteiger partial charge in [0.05, 0.1) is 12.1 Å². The summed E-state index contributed by atoms with van der Waals surface area (Å²) in [6, 6.07) is 8.16. The van der Waals surface area contributed by atoms with Gasteiger partial charge in [-0.05, 0) is 19.1 Å². The van der Waals surface area contributed by atoms with Crippen LogP contribution in [0.5, 0.6) is 0 Å². The number of rotatable bonds is 2. The van der Waals surface area contributed by atoms with Crippen molar-refractivity contribution in [3.63, 3.8) is 0 Å². The monoisotopic (exact) mass is 299 g/mol. The number of anilines is 2. The van der Waals surface area contributed by atoms with E-state index in [0.717, 1.165) is 16.7 Å². The van der Waals surface area contributed by atoms with Crippen LogP contribution in [0.2, 0.25) is 0 Å². The zero-order valence-corrected chi connectivity index (χ0v) is 13.4. The Labute approximate surface area is 130 Å². The van der Waals surface area contributed by atoms with Gasteiger partial charge in [0.25, 0.3) is 0 Å². The Hall–Kier alpha value is -2.37. The number of hydrogen-bond donors (Lipinski definition) is 0. The maximum absolute atomic E-state index is 12.1. The molecule has 1 fully saturated rings. The van der Waals surface area contributed by atoms with Gasteiger partial charge in [0.2, 0.25) is 11.9 Å². The smallest absolute Gasteiger partial charge is 0.241 e. The lowest BCUT2D eigenvalue weighted by molar-refractivity contribution is -0.130. The lowest BCUT2D eigenvalue weighted by Gasteiger charge is -2.39. The lowest BCUT2D eigenvalue weighted by Crippen LogP contribution is -2.54. The second kappa shape index (κ2) is 5.44. The minimum Gasteiger partial charge on any atom is -0.347 e. The summed E-state index contributed by atoms with van der Waals surface area (Å²) >= 11 is 0. The Morgan fingerprint density at radius 1 is 1.23 bits per heavy atom. The average molecular weight is 299 g/mol. The van der Waals surface area contributed by atoms with Crippen molar-refractivity contribution in [2.75, 3.05) is 44.0 Å². The van der Waals surface area contributed by atoms with Gasteiger partial charge in [-0.1, -0.05) is 12.1 Å². The molecule has 1 amide bonds. The number of fused-ring (bicyclic) bond motifs is 1. The summed E-state index contributed by atoms with van der Waals surface area (Å²) in [4.78, 5) is 27.1. The first kappa shape index (κ1) is 14.6. The van der Waals surface area contributed by atoms with Crippen LogP contribution >= 0.6 is 0 Å². The maximum atomic E-state index is 12.1. The molecule has 2 heterocycles. The lowest BCUT2D eigenvalue weighted by atomic mass is 10.1. The van der Waals surface area contributed by atoms with Crippen LogP contribution in [0, 0.1) is 0 Å². The summed E-state index contributed by atoms with van der Waals surface area (Å²) in [5.41, 5.74) is 0.898.